The number of pyridine rings is 1. The summed E-state index contributed by atoms with van der Waals surface area (Å²) in [6, 6.07) is 22.7. The first kappa shape index (κ1) is 17.9. The van der Waals surface area contributed by atoms with Crippen LogP contribution in [0.2, 0.25) is 0 Å². The monoisotopic (exact) mass is 371 g/mol. The minimum absolute atomic E-state index is 0.121. The van der Waals surface area contributed by atoms with Gasteiger partial charge in [-0.3, -0.25) is 14.5 Å². The van der Waals surface area contributed by atoms with Crippen molar-refractivity contribution in [1.82, 2.24) is 19.9 Å². The molecule has 0 saturated carbocycles. The zero-order valence-corrected chi connectivity index (χ0v) is 15.5. The van der Waals surface area contributed by atoms with E-state index in [-0.39, 0.29) is 5.91 Å². The minimum atomic E-state index is -0.515. The van der Waals surface area contributed by atoms with E-state index < -0.39 is 6.04 Å². The number of aromatic nitrogens is 3. The van der Waals surface area contributed by atoms with Crippen molar-refractivity contribution in [2.24, 2.45) is 0 Å². The van der Waals surface area contributed by atoms with E-state index in [1.54, 1.807) is 0 Å². The Bertz CT molecular complexity index is 1070. The zero-order valence-electron chi connectivity index (χ0n) is 15.5. The van der Waals surface area contributed by atoms with Crippen LogP contribution in [0.25, 0.3) is 5.65 Å². The third-order valence-electron chi connectivity index (χ3n) is 4.56. The maximum absolute atomic E-state index is 13.0. The van der Waals surface area contributed by atoms with Crippen molar-refractivity contribution in [3.8, 4) is 0 Å². The summed E-state index contributed by atoms with van der Waals surface area (Å²) in [6.45, 7) is 2.43. The molecular weight excluding hydrogens is 350 g/mol. The van der Waals surface area contributed by atoms with Crippen molar-refractivity contribution in [3.63, 3.8) is 0 Å². The summed E-state index contributed by atoms with van der Waals surface area (Å²) in [5.41, 5.74) is 3.58. The summed E-state index contributed by atoms with van der Waals surface area (Å²) < 4.78 is 1.91. The van der Waals surface area contributed by atoms with Crippen molar-refractivity contribution >= 4 is 17.2 Å². The molecule has 140 valence electrons. The van der Waals surface area contributed by atoms with Gasteiger partial charge < -0.3 is 5.32 Å². The Balaban J connectivity index is 1.55. The smallest absolute Gasteiger partial charge is 0.246 e. The van der Waals surface area contributed by atoms with Crippen molar-refractivity contribution in [2.75, 3.05) is 5.32 Å². The molecule has 0 spiro atoms. The molecule has 2 N–H and O–H groups in total. The van der Waals surface area contributed by atoms with Gasteiger partial charge in [-0.15, -0.1) is 10.2 Å². The van der Waals surface area contributed by atoms with Gasteiger partial charge in [-0.05, 0) is 36.8 Å². The summed E-state index contributed by atoms with van der Waals surface area (Å²) in [5, 5.41) is 14.7. The van der Waals surface area contributed by atoms with Crippen LogP contribution in [-0.2, 0) is 11.3 Å². The molecule has 1 atom stereocenters. The van der Waals surface area contributed by atoms with Gasteiger partial charge in [0.15, 0.2) is 11.5 Å². The van der Waals surface area contributed by atoms with Crippen molar-refractivity contribution in [2.45, 2.75) is 19.5 Å². The number of rotatable bonds is 6. The molecule has 2 aromatic heterocycles. The molecule has 0 bridgehead atoms. The molecule has 0 fully saturated rings. The van der Waals surface area contributed by atoms with E-state index in [9.17, 15) is 4.79 Å². The van der Waals surface area contributed by atoms with Crippen LogP contribution >= 0.6 is 0 Å². The van der Waals surface area contributed by atoms with E-state index in [0.717, 1.165) is 28.3 Å². The van der Waals surface area contributed by atoms with Crippen LogP contribution in [0.3, 0.4) is 0 Å². The fraction of sp³-hybridized carbons (Fsp3) is 0.136. The summed E-state index contributed by atoms with van der Waals surface area (Å²) in [5.74, 6) is 0.628. The number of nitrogens with one attached hydrogen (secondary N) is 2. The zero-order chi connectivity index (χ0) is 19.3. The highest BCUT2D eigenvalue weighted by Gasteiger charge is 2.21. The van der Waals surface area contributed by atoms with Crippen LogP contribution in [0.15, 0.2) is 79.0 Å². The first-order valence-electron chi connectivity index (χ1n) is 9.15. The number of hydrogen-bond acceptors (Lipinski definition) is 4. The molecule has 2 aromatic carbocycles. The number of amides is 1. The van der Waals surface area contributed by atoms with Crippen molar-refractivity contribution in [3.05, 3.63) is 95.9 Å². The third-order valence-corrected chi connectivity index (χ3v) is 4.56. The lowest BCUT2D eigenvalue weighted by Gasteiger charge is -2.18. The predicted molar refractivity (Wildman–Crippen MR) is 109 cm³/mol. The standard InChI is InChI=1S/C22H21N5O/c1-16-10-12-18(13-11-16)24-22(28)21(17-7-3-2-4-8-17)23-15-20-26-25-19-9-5-6-14-27(19)20/h2-14,21,23H,15H2,1H3,(H,24,28)/t21-/m0/s1. The highest BCUT2D eigenvalue weighted by molar-refractivity contribution is 5.95. The molecule has 1 amide bonds. The van der Waals surface area contributed by atoms with Gasteiger partial charge in [-0.25, -0.2) is 0 Å². The summed E-state index contributed by atoms with van der Waals surface area (Å²) in [7, 11) is 0. The number of anilines is 1. The molecule has 6 heteroatoms. The molecule has 6 nitrogen and oxygen atoms in total. The lowest BCUT2D eigenvalue weighted by molar-refractivity contribution is -0.118. The van der Waals surface area contributed by atoms with E-state index in [4.69, 9.17) is 0 Å². The first-order valence-corrected chi connectivity index (χ1v) is 9.15. The molecule has 4 aromatic rings. The van der Waals surface area contributed by atoms with E-state index in [1.807, 2.05) is 90.3 Å². The van der Waals surface area contributed by atoms with Gasteiger partial charge in [0.25, 0.3) is 0 Å². The first-order chi connectivity index (χ1) is 13.7. The van der Waals surface area contributed by atoms with Crippen LogP contribution in [0.1, 0.15) is 23.0 Å². The fourth-order valence-corrected chi connectivity index (χ4v) is 3.06. The number of nitrogens with zero attached hydrogens (tertiary/aromatic N) is 3. The molecular formula is C22H21N5O. The Labute approximate surface area is 163 Å². The average molecular weight is 371 g/mol. The van der Waals surface area contributed by atoms with Crippen LogP contribution in [-0.4, -0.2) is 20.5 Å². The van der Waals surface area contributed by atoms with E-state index >= 15 is 0 Å². The van der Waals surface area contributed by atoms with Crippen LogP contribution in [0.5, 0.6) is 0 Å². The molecule has 0 unspecified atom stereocenters. The molecule has 28 heavy (non-hydrogen) atoms. The van der Waals surface area contributed by atoms with Gasteiger partial charge in [0.05, 0.1) is 6.54 Å². The van der Waals surface area contributed by atoms with Gasteiger partial charge in [-0.1, -0.05) is 54.1 Å². The normalized spacial score (nSPS) is 12.0. The van der Waals surface area contributed by atoms with Gasteiger partial charge in [0, 0.05) is 11.9 Å². The van der Waals surface area contributed by atoms with E-state index in [0.29, 0.717) is 6.54 Å². The molecule has 0 saturated heterocycles. The lowest BCUT2D eigenvalue weighted by atomic mass is 10.1. The number of carbonyl (C=O) groups excluding carboxylic acids is 1. The van der Waals surface area contributed by atoms with Crippen LogP contribution < -0.4 is 10.6 Å². The third kappa shape index (κ3) is 3.92. The maximum Gasteiger partial charge on any atom is 0.246 e. The molecule has 0 aliphatic rings. The number of hydrogen-bond donors (Lipinski definition) is 2. The number of fused-ring (bicyclic) bond motifs is 1. The number of benzene rings is 2. The molecule has 0 aliphatic heterocycles. The Morgan fingerprint density at radius 2 is 1.71 bits per heavy atom. The summed E-state index contributed by atoms with van der Waals surface area (Å²) >= 11 is 0. The Hall–Kier alpha value is -3.51. The number of aryl methyl sites for hydroxylation is 1. The number of carbonyl (C=O) groups is 1. The molecule has 2 heterocycles. The topological polar surface area (TPSA) is 71.3 Å². The Kier molecular flexibility index (Phi) is 5.12. The quantitative estimate of drug-likeness (QED) is 0.544. The lowest BCUT2D eigenvalue weighted by Crippen LogP contribution is -2.33. The Morgan fingerprint density at radius 3 is 2.50 bits per heavy atom. The van der Waals surface area contributed by atoms with Gasteiger partial charge in [0.1, 0.15) is 6.04 Å². The average Bonchev–Trinajstić information content (AvgIpc) is 3.14. The second-order valence-electron chi connectivity index (χ2n) is 6.62. The Morgan fingerprint density at radius 1 is 0.964 bits per heavy atom. The van der Waals surface area contributed by atoms with Crippen LogP contribution in [0, 0.1) is 6.92 Å². The van der Waals surface area contributed by atoms with Crippen LogP contribution in [0.4, 0.5) is 5.69 Å². The van der Waals surface area contributed by atoms with Gasteiger partial charge in [0.2, 0.25) is 5.91 Å². The van der Waals surface area contributed by atoms with Crippen molar-refractivity contribution < 1.29 is 4.79 Å². The minimum Gasteiger partial charge on any atom is -0.324 e. The van der Waals surface area contributed by atoms with Gasteiger partial charge in [-0.2, -0.15) is 0 Å². The molecule has 0 radical (unpaired) electrons. The SMILES string of the molecule is Cc1ccc(NC(=O)[C@@H](NCc2nnc3ccccn23)c2ccccc2)cc1. The largest absolute Gasteiger partial charge is 0.324 e. The molecule has 0 aliphatic carbocycles. The molecule has 4 rings (SSSR count). The second kappa shape index (κ2) is 8.02. The highest BCUT2D eigenvalue weighted by atomic mass is 16.2. The highest BCUT2D eigenvalue weighted by Crippen LogP contribution is 2.17. The van der Waals surface area contributed by atoms with E-state index in [2.05, 4.69) is 20.8 Å². The maximum atomic E-state index is 13.0. The summed E-state index contributed by atoms with van der Waals surface area (Å²) in [6.07, 6.45) is 1.91. The fourth-order valence-electron chi connectivity index (χ4n) is 3.06. The van der Waals surface area contributed by atoms with Gasteiger partial charge >= 0.3 is 0 Å². The van der Waals surface area contributed by atoms with E-state index in [1.165, 1.54) is 0 Å². The predicted octanol–water partition coefficient (Wildman–Crippen LogP) is 3.51. The second-order valence-corrected chi connectivity index (χ2v) is 6.62. The summed E-state index contributed by atoms with van der Waals surface area (Å²) in [4.78, 5) is 13.0. The van der Waals surface area contributed by atoms with Crippen molar-refractivity contribution in [1.29, 1.82) is 0 Å².